The third-order valence-electron chi connectivity index (χ3n) is 2.47. The number of non-ortho nitro benzene ring substituents is 1. The maximum Gasteiger partial charge on any atom is 0.270 e. The lowest BCUT2D eigenvalue weighted by Gasteiger charge is -2.01. The van der Waals surface area contributed by atoms with E-state index in [1.807, 2.05) is 13.0 Å². The van der Waals surface area contributed by atoms with Crippen LogP contribution in [0.2, 0.25) is 0 Å². The number of nitrogens with zero attached hydrogens (tertiary/aromatic N) is 3. The highest BCUT2D eigenvalue weighted by atomic mass is 32.1. The molecule has 5 nitrogen and oxygen atoms in total. The van der Waals surface area contributed by atoms with Crippen LogP contribution in [0.25, 0.3) is 10.6 Å². The van der Waals surface area contributed by atoms with Gasteiger partial charge >= 0.3 is 0 Å². The normalized spacial score (nSPS) is 10.0. The standard InChI is InChI=1S/C12H9N3O2S/c1-8-2-3-10(15(16)17)6-11(8)12-14-9(4-5-13)7-18-12/h2-3,6-7H,4H2,1H3. The number of hydrogen-bond donors (Lipinski definition) is 0. The van der Waals surface area contributed by atoms with E-state index in [0.29, 0.717) is 10.7 Å². The fraction of sp³-hybridized carbons (Fsp3) is 0.167. The van der Waals surface area contributed by atoms with Crippen LogP contribution in [0.1, 0.15) is 11.3 Å². The number of rotatable bonds is 3. The number of nitriles is 1. The van der Waals surface area contributed by atoms with Crippen LogP contribution >= 0.6 is 11.3 Å². The molecule has 6 heteroatoms. The van der Waals surface area contributed by atoms with Crippen LogP contribution in [-0.4, -0.2) is 9.91 Å². The van der Waals surface area contributed by atoms with Crippen molar-refractivity contribution in [3.05, 3.63) is 45.0 Å². The average Bonchev–Trinajstić information content (AvgIpc) is 2.78. The monoisotopic (exact) mass is 259 g/mol. The van der Waals surface area contributed by atoms with Crippen LogP contribution in [0, 0.1) is 28.4 Å². The molecule has 0 aliphatic heterocycles. The van der Waals surface area contributed by atoms with E-state index in [0.717, 1.165) is 11.1 Å². The molecule has 2 rings (SSSR count). The van der Waals surface area contributed by atoms with Crippen LogP contribution in [0.4, 0.5) is 5.69 Å². The highest BCUT2D eigenvalue weighted by molar-refractivity contribution is 7.13. The van der Waals surface area contributed by atoms with Crippen LogP contribution in [0.3, 0.4) is 0 Å². The number of hydrogen-bond acceptors (Lipinski definition) is 5. The predicted molar refractivity (Wildman–Crippen MR) is 68.3 cm³/mol. The molecule has 90 valence electrons. The second-order valence-corrected chi connectivity index (χ2v) is 4.59. The van der Waals surface area contributed by atoms with Crippen LogP contribution in [0.15, 0.2) is 23.6 Å². The zero-order valence-electron chi connectivity index (χ0n) is 9.58. The van der Waals surface area contributed by atoms with Gasteiger partial charge in [0.15, 0.2) is 0 Å². The summed E-state index contributed by atoms with van der Waals surface area (Å²) in [5.41, 5.74) is 2.42. The number of thiazole rings is 1. The van der Waals surface area contributed by atoms with Gasteiger partial charge in [0, 0.05) is 23.1 Å². The molecule has 0 N–H and O–H groups in total. The summed E-state index contributed by atoms with van der Waals surface area (Å²) in [5.74, 6) is 0. The molecule has 0 saturated heterocycles. The van der Waals surface area contributed by atoms with Crippen molar-refractivity contribution in [3.63, 3.8) is 0 Å². The van der Waals surface area contributed by atoms with Crippen LogP contribution in [0.5, 0.6) is 0 Å². The van der Waals surface area contributed by atoms with Gasteiger partial charge in [-0.3, -0.25) is 10.1 Å². The van der Waals surface area contributed by atoms with Crippen molar-refractivity contribution < 1.29 is 4.92 Å². The van der Waals surface area contributed by atoms with Gasteiger partial charge in [0.2, 0.25) is 0 Å². The number of nitro groups is 1. The fourth-order valence-electron chi connectivity index (χ4n) is 1.55. The van der Waals surface area contributed by atoms with Crippen molar-refractivity contribution in [2.45, 2.75) is 13.3 Å². The maximum absolute atomic E-state index is 10.7. The minimum atomic E-state index is -0.424. The Bertz CT molecular complexity index is 643. The Balaban J connectivity index is 2.45. The van der Waals surface area contributed by atoms with Crippen LogP contribution in [-0.2, 0) is 6.42 Å². The largest absolute Gasteiger partial charge is 0.270 e. The smallest absolute Gasteiger partial charge is 0.258 e. The molecule has 0 aliphatic carbocycles. The number of nitro benzene ring substituents is 1. The maximum atomic E-state index is 10.7. The molecule has 0 aliphatic rings. The molecule has 0 radical (unpaired) electrons. The first-order valence-electron chi connectivity index (χ1n) is 5.18. The predicted octanol–water partition coefficient (Wildman–Crippen LogP) is 3.09. The Kier molecular flexibility index (Phi) is 3.35. The van der Waals surface area contributed by atoms with E-state index >= 15 is 0 Å². The lowest BCUT2D eigenvalue weighted by Crippen LogP contribution is -1.90. The third-order valence-corrected chi connectivity index (χ3v) is 3.40. The van der Waals surface area contributed by atoms with Gasteiger partial charge in [-0.2, -0.15) is 5.26 Å². The second kappa shape index (κ2) is 4.94. The molecular weight excluding hydrogens is 250 g/mol. The highest BCUT2D eigenvalue weighted by Crippen LogP contribution is 2.30. The third kappa shape index (κ3) is 2.36. The first-order chi connectivity index (χ1) is 8.61. The number of benzene rings is 1. The first-order valence-corrected chi connectivity index (χ1v) is 6.06. The van der Waals surface area contributed by atoms with Crippen molar-refractivity contribution in [1.29, 1.82) is 5.26 Å². The van der Waals surface area contributed by atoms with E-state index in [1.54, 1.807) is 11.4 Å². The Morgan fingerprint density at radius 3 is 3.00 bits per heavy atom. The molecule has 0 amide bonds. The van der Waals surface area contributed by atoms with Crippen molar-refractivity contribution in [1.82, 2.24) is 4.98 Å². The van der Waals surface area contributed by atoms with E-state index in [-0.39, 0.29) is 12.1 Å². The summed E-state index contributed by atoms with van der Waals surface area (Å²) < 4.78 is 0. The van der Waals surface area contributed by atoms with E-state index < -0.39 is 4.92 Å². The summed E-state index contributed by atoms with van der Waals surface area (Å²) in [5, 5.41) is 21.9. The van der Waals surface area contributed by atoms with Gasteiger partial charge in [0.05, 0.1) is 23.1 Å². The van der Waals surface area contributed by atoms with E-state index in [4.69, 9.17) is 5.26 Å². The molecule has 1 heterocycles. The van der Waals surface area contributed by atoms with Gasteiger partial charge in [0.25, 0.3) is 5.69 Å². The summed E-state index contributed by atoms with van der Waals surface area (Å²) in [4.78, 5) is 14.6. The summed E-state index contributed by atoms with van der Waals surface area (Å²) in [6, 6.07) is 6.73. The Morgan fingerprint density at radius 1 is 1.56 bits per heavy atom. The molecule has 2 aromatic rings. The minimum absolute atomic E-state index is 0.0487. The molecule has 18 heavy (non-hydrogen) atoms. The molecule has 0 atom stereocenters. The molecule has 1 aromatic heterocycles. The summed E-state index contributed by atoms with van der Waals surface area (Å²) in [7, 11) is 0. The van der Waals surface area contributed by atoms with E-state index in [2.05, 4.69) is 4.98 Å². The van der Waals surface area contributed by atoms with Crippen molar-refractivity contribution in [3.8, 4) is 16.6 Å². The van der Waals surface area contributed by atoms with E-state index in [9.17, 15) is 10.1 Å². The van der Waals surface area contributed by atoms with Gasteiger partial charge < -0.3 is 0 Å². The van der Waals surface area contributed by atoms with Gasteiger partial charge in [-0.25, -0.2) is 4.98 Å². The molecular formula is C12H9N3O2S. The van der Waals surface area contributed by atoms with Gasteiger partial charge in [0.1, 0.15) is 5.01 Å². The number of aryl methyl sites for hydroxylation is 1. The fourth-order valence-corrected chi connectivity index (χ4v) is 2.45. The average molecular weight is 259 g/mol. The lowest BCUT2D eigenvalue weighted by molar-refractivity contribution is -0.384. The summed E-state index contributed by atoms with van der Waals surface area (Å²) in [6.45, 7) is 1.88. The Morgan fingerprint density at radius 2 is 2.33 bits per heavy atom. The van der Waals surface area contributed by atoms with Gasteiger partial charge in [-0.1, -0.05) is 6.07 Å². The van der Waals surface area contributed by atoms with E-state index in [1.165, 1.54) is 23.5 Å². The molecule has 0 spiro atoms. The minimum Gasteiger partial charge on any atom is -0.258 e. The molecule has 0 fully saturated rings. The highest BCUT2D eigenvalue weighted by Gasteiger charge is 2.12. The topological polar surface area (TPSA) is 79.8 Å². The molecule has 1 aromatic carbocycles. The SMILES string of the molecule is Cc1ccc([N+](=O)[O-])cc1-c1nc(CC#N)cs1. The van der Waals surface area contributed by atoms with Crippen molar-refractivity contribution in [2.75, 3.05) is 0 Å². The zero-order valence-corrected chi connectivity index (χ0v) is 10.4. The first kappa shape index (κ1) is 12.2. The van der Waals surface area contributed by atoms with Crippen molar-refractivity contribution in [2.24, 2.45) is 0 Å². The van der Waals surface area contributed by atoms with Crippen LogP contribution < -0.4 is 0 Å². The van der Waals surface area contributed by atoms with Crippen molar-refractivity contribution >= 4 is 17.0 Å². The molecule has 0 bridgehead atoms. The zero-order chi connectivity index (χ0) is 13.1. The van der Waals surface area contributed by atoms with Gasteiger partial charge in [-0.15, -0.1) is 11.3 Å². The summed E-state index contributed by atoms with van der Waals surface area (Å²) >= 11 is 1.39. The number of aromatic nitrogens is 1. The summed E-state index contributed by atoms with van der Waals surface area (Å²) in [6.07, 6.45) is 0.254. The molecule has 0 saturated carbocycles. The van der Waals surface area contributed by atoms with Gasteiger partial charge in [-0.05, 0) is 12.5 Å². The lowest BCUT2D eigenvalue weighted by atomic mass is 10.1. The Hall–Kier alpha value is -2.26. The quantitative estimate of drug-likeness (QED) is 0.626. The Labute approximate surface area is 107 Å². The second-order valence-electron chi connectivity index (χ2n) is 3.74. The molecule has 0 unspecified atom stereocenters.